The van der Waals surface area contributed by atoms with Gasteiger partial charge in [0.1, 0.15) is 5.78 Å². The van der Waals surface area contributed by atoms with Crippen molar-refractivity contribution in [1.29, 1.82) is 0 Å². The number of rotatable bonds is 6. The molecule has 0 aromatic rings. The monoisotopic (exact) mass is 388 g/mol. The molecule has 0 radical (unpaired) electrons. The van der Waals surface area contributed by atoms with E-state index < -0.39 is 0 Å². The molecule has 0 aliphatic heterocycles. The van der Waals surface area contributed by atoms with Crippen molar-refractivity contribution >= 4 is 5.78 Å². The van der Waals surface area contributed by atoms with Gasteiger partial charge in [0, 0.05) is 17.5 Å². The summed E-state index contributed by atoms with van der Waals surface area (Å²) in [6.45, 7) is 9.04. The van der Waals surface area contributed by atoms with Crippen LogP contribution in [0.4, 0.5) is 0 Å². The van der Waals surface area contributed by atoms with Crippen LogP contribution in [-0.4, -0.2) is 26.0 Å². The number of hydroxylamine groups is 1. The lowest BCUT2D eigenvalue weighted by atomic mass is 9.44. The van der Waals surface area contributed by atoms with Gasteiger partial charge in [-0.25, -0.2) is 0 Å². The molecule has 3 fully saturated rings. The van der Waals surface area contributed by atoms with Gasteiger partial charge in [0.05, 0.1) is 6.61 Å². The molecular formula is C24H40N2O2. The number of Topliss-reactive ketones (excluding diaryl/α,β-unsaturated/α-hetero) is 1. The third-order valence-electron chi connectivity index (χ3n) is 9.20. The molecule has 0 bridgehead atoms. The number of fused-ring (bicyclic) bond motifs is 5. The van der Waals surface area contributed by atoms with Crippen molar-refractivity contribution in [3.05, 3.63) is 11.8 Å². The molecule has 0 heterocycles. The highest BCUT2D eigenvalue weighted by molar-refractivity contribution is 5.87. The Morgan fingerprint density at radius 2 is 2.00 bits per heavy atom. The predicted molar refractivity (Wildman–Crippen MR) is 112 cm³/mol. The zero-order valence-electron chi connectivity index (χ0n) is 18.4. The number of nitrogens with one attached hydrogen (secondary N) is 2. The average molecular weight is 389 g/mol. The first kappa shape index (κ1) is 20.4. The predicted octanol–water partition coefficient (Wildman–Crippen LogP) is 4.47. The van der Waals surface area contributed by atoms with Crippen molar-refractivity contribution in [1.82, 2.24) is 10.8 Å². The lowest BCUT2D eigenvalue weighted by Gasteiger charge is -2.60. The molecule has 4 rings (SSSR count). The van der Waals surface area contributed by atoms with Gasteiger partial charge in [0.25, 0.3) is 0 Å². The molecule has 7 atom stereocenters. The molecule has 0 saturated heterocycles. The van der Waals surface area contributed by atoms with Crippen LogP contribution in [0.25, 0.3) is 0 Å². The first-order valence-corrected chi connectivity index (χ1v) is 11.7. The fraction of sp³-hybridized carbons (Fsp3) is 0.875. The van der Waals surface area contributed by atoms with E-state index in [-0.39, 0.29) is 5.41 Å². The minimum absolute atomic E-state index is 0.0114. The Hall–Kier alpha value is -0.870. The van der Waals surface area contributed by atoms with Crippen LogP contribution in [0.1, 0.15) is 72.1 Å². The highest BCUT2D eigenvalue weighted by atomic mass is 16.6. The van der Waals surface area contributed by atoms with Gasteiger partial charge in [-0.15, -0.1) is 0 Å². The second kappa shape index (κ2) is 7.75. The number of hydrogen-bond acceptors (Lipinski definition) is 4. The van der Waals surface area contributed by atoms with Gasteiger partial charge in [-0.05, 0) is 93.5 Å². The molecule has 4 aliphatic carbocycles. The molecule has 0 aromatic carbocycles. The van der Waals surface area contributed by atoms with Gasteiger partial charge >= 0.3 is 0 Å². The highest BCUT2D eigenvalue weighted by Crippen LogP contribution is 2.66. The van der Waals surface area contributed by atoms with Gasteiger partial charge < -0.3 is 5.32 Å². The van der Waals surface area contributed by atoms with E-state index in [9.17, 15) is 4.79 Å². The van der Waals surface area contributed by atoms with Crippen LogP contribution in [-0.2, 0) is 9.63 Å². The van der Waals surface area contributed by atoms with Crippen LogP contribution in [0, 0.1) is 40.4 Å². The maximum atomic E-state index is 12.6. The third kappa shape index (κ3) is 3.25. The highest BCUT2D eigenvalue weighted by Gasteiger charge is 2.60. The fourth-order valence-corrected chi connectivity index (χ4v) is 7.64. The lowest BCUT2D eigenvalue weighted by molar-refractivity contribution is -0.139. The average Bonchev–Trinajstić information content (AvgIpc) is 2.98. The number of ketones is 1. The number of carbonyl (C=O) groups excluding carboxylic acids is 1. The van der Waals surface area contributed by atoms with Crippen molar-refractivity contribution in [2.24, 2.45) is 40.4 Å². The van der Waals surface area contributed by atoms with Gasteiger partial charge in [-0.1, -0.05) is 26.8 Å². The first-order valence-electron chi connectivity index (χ1n) is 11.7. The Morgan fingerprint density at radius 3 is 2.79 bits per heavy atom. The normalized spacial score (nSPS) is 45.1. The maximum Gasteiger partial charge on any atom is 0.139 e. The largest absolute Gasteiger partial charge is 0.320 e. The summed E-state index contributed by atoms with van der Waals surface area (Å²) in [5.41, 5.74) is 4.92. The third-order valence-corrected chi connectivity index (χ3v) is 9.20. The zero-order valence-corrected chi connectivity index (χ0v) is 18.4. The summed E-state index contributed by atoms with van der Waals surface area (Å²) >= 11 is 0. The summed E-state index contributed by atoms with van der Waals surface area (Å²) in [4.78, 5) is 18.3. The van der Waals surface area contributed by atoms with Gasteiger partial charge in [0.2, 0.25) is 0 Å². The van der Waals surface area contributed by atoms with Crippen molar-refractivity contribution in [3.63, 3.8) is 0 Å². The van der Waals surface area contributed by atoms with E-state index in [0.717, 1.165) is 57.1 Å². The van der Waals surface area contributed by atoms with Crippen LogP contribution >= 0.6 is 0 Å². The molecule has 158 valence electrons. The summed E-state index contributed by atoms with van der Waals surface area (Å²) in [7, 11) is 1.98. The quantitative estimate of drug-likeness (QED) is 0.521. The molecule has 0 amide bonds. The number of hydrogen-bond donors (Lipinski definition) is 2. The van der Waals surface area contributed by atoms with Crippen molar-refractivity contribution < 1.29 is 9.63 Å². The molecule has 4 heteroatoms. The molecule has 2 unspecified atom stereocenters. The number of allylic oxidation sites excluding steroid dienone is 2. The minimum Gasteiger partial charge on any atom is -0.320 e. The van der Waals surface area contributed by atoms with Crippen molar-refractivity contribution in [3.8, 4) is 0 Å². The van der Waals surface area contributed by atoms with Gasteiger partial charge in [-0.3, -0.25) is 15.1 Å². The summed E-state index contributed by atoms with van der Waals surface area (Å²) < 4.78 is 0. The molecule has 4 aliphatic rings. The Morgan fingerprint density at radius 1 is 1.18 bits per heavy atom. The van der Waals surface area contributed by atoms with Crippen molar-refractivity contribution in [2.75, 3.05) is 20.2 Å². The molecular weight excluding hydrogens is 348 g/mol. The molecule has 4 nitrogen and oxygen atoms in total. The summed E-state index contributed by atoms with van der Waals surface area (Å²) in [5.74, 6) is 4.05. The molecule has 3 saturated carbocycles. The van der Waals surface area contributed by atoms with Crippen molar-refractivity contribution in [2.45, 2.75) is 72.1 Å². The van der Waals surface area contributed by atoms with Gasteiger partial charge in [0.15, 0.2) is 0 Å². The SMILES string of the molecule is CNCCCONC1=CC2C(C)C[C@@H]3[C@@H](CC[C@]4(C)C(=O)CC[C@@H]34)[C@@]2(C)CC1. The van der Waals surface area contributed by atoms with Crippen LogP contribution in [0.15, 0.2) is 11.8 Å². The summed E-state index contributed by atoms with van der Waals surface area (Å²) in [6.07, 6.45) is 11.5. The van der Waals surface area contributed by atoms with E-state index in [4.69, 9.17) is 4.84 Å². The Kier molecular flexibility index (Phi) is 5.65. The topological polar surface area (TPSA) is 50.4 Å². The van der Waals surface area contributed by atoms with E-state index in [2.05, 4.69) is 37.6 Å². The Balaban J connectivity index is 1.47. The zero-order chi connectivity index (χ0) is 19.9. The molecule has 2 N–H and O–H groups in total. The Labute approximate surface area is 171 Å². The van der Waals surface area contributed by atoms with Crippen LogP contribution in [0.3, 0.4) is 0 Å². The molecule has 28 heavy (non-hydrogen) atoms. The lowest BCUT2D eigenvalue weighted by Crippen LogP contribution is -2.54. The number of carbonyl (C=O) groups is 1. The van der Waals surface area contributed by atoms with Crippen LogP contribution in [0.5, 0.6) is 0 Å². The minimum atomic E-state index is -0.0114. The summed E-state index contributed by atoms with van der Waals surface area (Å²) in [6, 6.07) is 0. The molecule has 0 spiro atoms. The van der Waals surface area contributed by atoms with E-state index in [1.165, 1.54) is 25.0 Å². The van der Waals surface area contributed by atoms with Gasteiger partial charge in [-0.2, -0.15) is 0 Å². The smallest absolute Gasteiger partial charge is 0.139 e. The Bertz CT molecular complexity index is 632. The van der Waals surface area contributed by atoms with Crippen LogP contribution < -0.4 is 10.8 Å². The van der Waals surface area contributed by atoms with Crippen LogP contribution in [0.2, 0.25) is 0 Å². The molecule has 0 aromatic heterocycles. The van der Waals surface area contributed by atoms with E-state index >= 15 is 0 Å². The standard InChI is InChI=1S/C24H40N2O2/c1-16-14-18-19-6-7-22(27)24(19,3)11-9-20(18)23(2)10-8-17(15-21(16)23)26-28-13-5-12-25-4/h15-16,18-21,25-26H,5-14H2,1-4H3/t16?,18-,19-,20+,21?,23+,24-/m0/s1. The van der Waals surface area contributed by atoms with E-state index in [1.54, 1.807) is 0 Å². The van der Waals surface area contributed by atoms with E-state index in [0.29, 0.717) is 29.0 Å². The first-order chi connectivity index (χ1) is 13.4. The second-order valence-electron chi connectivity index (χ2n) is 10.6. The summed E-state index contributed by atoms with van der Waals surface area (Å²) in [5, 5.41) is 3.16. The van der Waals surface area contributed by atoms with E-state index in [1.807, 2.05) is 7.05 Å². The second-order valence-corrected chi connectivity index (χ2v) is 10.6. The fourth-order valence-electron chi connectivity index (χ4n) is 7.64. The maximum absolute atomic E-state index is 12.6.